The molecule has 0 radical (unpaired) electrons. The van der Waals surface area contributed by atoms with Crippen molar-refractivity contribution in [3.8, 4) is 0 Å². The summed E-state index contributed by atoms with van der Waals surface area (Å²) in [5.41, 5.74) is -0.00892. The Morgan fingerprint density at radius 2 is 1.25 bits per heavy atom. The molecule has 0 heterocycles. The molecule has 0 bridgehead atoms. The molecular formula is C10H27N2PSSi2. The van der Waals surface area contributed by atoms with Gasteiger partial charge in [0.15, 0.2) is 0 Å². The van der Waals surface area contributed by atoms with Crippen LogP contribution >= 0.6 is 6.64 Å². The van der Waals surface area contributed by atoms with Gasteiger partial charge in [0.2, 0.25) is 0 Å². The SMILES string of the molecule is CC(C)(C)N=P(=S)N([Si](C)(C)C)[Si](C)(C)C. The molecule has 0 rings (SSSR count). The largest absolute Gasteiger partial charge is 0.282 e. The monoisotopic (exact) mass is 294 g/mol. The Hall–Kier alpha value is 0.714. The van der Waals surface area contributed by atoms with E-state index in [4.69, 9.17) is 16.6 Å². The Morgan fingerprint density at radius 1 is 0.938 bits per heavy atom. The fourth-order valence-electron chi connectivity index (χ4n) is 1.82. The summed E-state index contributed by atoms with van der Waals surface area (Å²) in [6.07, 6.45) is 0. The number of nitrogens with zero attached hydrogens (tertiary/aromatic N) is 2. The maximum absolute atomic E-state index is 5.70. The predicted molar refractivity (Wildman–Crippen MR) is 85.0 cm³/mol. The quantitative estimate of drug-likeness (QED) is 0.549. The number of rotatable bonds is 3. The first-order valence-corrected chi connectivity index (χ1v) is 14.9. The standard InChI is InChI=1S/C10H27N2PSSi2/c1-10(2,3)11-13(14)12(15(4,5)6)16(7,8)9/h1-9H3. The minimum atomic E-state index is -1.36. The molecular weight excluding hydrogens is 267 g/mol. The number of hydrogen-bond acceptors (Lipinski definition) is 2. The van der Waals surface area contributed by atoms with Crippen molar-refractivity contribution >= 4 is 34.9 Å². The van der Waals surface area contributed by atoms with Crippen molar-refractivity contribution in [1.29, 1.82) is 0 Å². The molecule has 0 amide bonds. The highest BCUT2D eigenvalue weighted by atomic mass is 32.4. The summed E-state index contributed by atoms with van der Waals surface area (Å²) in [5, 5.41) is 0. The van der Waals surface area contributed by atoms with Crippen molar-refractivity contribution < 1.29 is 0 Å². The van der Waals surface area contributed by atoms with Gasteiger partial charge in [0.05, 0.1) is 12.2 Å². The van der Waals surface area contributed by atoms with Gasteiger partial charge in [-0.3, -0.25) is 4.00 Å². The van der Waals surface area contributed by atoms with Gasteiger partial charge in [-0.2, -0.15) is 0 Å². The zero-order valence-corrected chi connectivity index (χ0v) is 16.0. The van der Waals surface area contributed by atoms with Crippen LogP contribution in [0.25, 0.3) is 0 Å². The Balaban J connectivity index is 5.43. The second-order valence-corrected chi connectivity index (χ2v) is 20.0. The van der Waals surface area contributed by atoms with Gasteiger partial charge in [-0.15, -0.1) is 0 Å². The molecule has 0 aromatic rings. The van der Waals surface area contributed by atoms with E-state index in [-0.39, 0.29) is 5.54 Å². The van der Waals surface area contributed by atoms with Crippen LogP contribution in [0.2, 0.25) is 39.3 Å². The van der Waals surface area contributed by atoms with Crippen LogP contribution in [0.5, 0.6) is 0 Å². The smallest absolute Gasteiger partial charge is 0.123 e. The van der Waals surface area contributed by atoms with Gasteiger partial charge < -0.3 is 0 Å². The van der Waals surface area contributed by atoms with E-state index in [9.17, 15) is 0 Å². The van der Waals surface area contributed by atoms with Crippen LogP contribution in [0.15, 0.2) is 4.74 Å². The average molecular weight is 295 g/mol. The Bertz CT molecular complexity index is 303. The summed E-state index contributed by atoms with van der Waals surface area (Å²) >= 11 is 5.70. The van der Waals surface area contributed by atoms with E-state index in [0.717, 1.165) is 0 Å². The molecule has 0 aromatic heterocycles. The van der Waals surface area contributed by atoms with Gasteiger partial charge in [0, 0.05) is 0 Å². The molecule has 6 heteroatoms. The zero-order chi connectivity index (χ0) is 13.4. The van der Waals surface area contributed by atoms with Crippen molar-refractivity contribution in [2.24, 2.45) is 4.74 Å². The van der Waals surface area contributed by atoms with Gasteiger partial charge in [-0.1, -0.05) is 39.3 Å². The summed E-state index contributed by atoms with van der Waals surface area (Å²) in [5.74, 6) is 0. The van der Waals surface area contributed by atoms with E-state index < -0.39 is 23.1 Å². The van der Waals surface area contributed by atoms with Crippen LogP contribution < -0.4 is 0 Å². The average Bonchev–Trinajstić information content (AvgIpc) is 1.70. The van der Waals surface area contributed by atoms with Crippen LogP contribution in [0.1, 0.15) is 20.8 Å². The third-order valence-electron chi connectivity index (χ3n) is 1.83. The molecule has 16 heavy (non-hydrogen) atoms. The molecule has 0 saturated heterocycles. The molecule has 1 unspecified atom stereocenters. The summed E-state index contributed by atoms with van der Waals surface area (Å²) in [6, 6.07) is 0. The predicted octanol–water partition coefficient (Wildman–Crippen LogP) is 4.80. The number of hydrogen-bond donors (Lipinski definition) is 0. The van der Waals surface area contributed by atoms with E-state index in [1.54, 1.807) is 0 Å². The summed E-state index contributed by atoms with van der Waals surface area (Å²) in [7, 11) is -2.72. The van der Waals surface area contributed by atoms with Crippen LogP contribution in [0.3, 0.4) is 0 Å². The molecule has 96 valence electrons. The van der Waals surface area contributed by atoms with E-state index >= 15 is 0 Å². The Labute approximate surface area is 109 Å². The van der Waals surface area contributed by atoms with Crippen molar-refractivity contribution in [3.63, 3.8) is 0 Å². The first kappa shape index (κ1) is 16.7. The molecule has 0 aliphatic heterocycles. The van der Waals surface area contributed by atoms with Gasteiger partial charge in [0.1, 0.15) is 16.5 Å². The minimum absolute atomic E-state index is 0.00892. The highest BCUT2D eigenvalue weighted by molar-refractivity contribution is 8.00. The fraction of sp³-hybridized carbons (Fsp3) is 1.00. The third-order valence-corrected chi connectivity index (χ3v) is 15.8. The maximum Gasteiger partial charge on any atom is 0.123 e. The van der Waals surface area contributed by atoms with Gasteiger partial charge in [-0.05, 0) is 32.6 Å². The van der Waals surface area contributed by atoms with Crippen LogP contribution in [-0.4, -0.2) is 26.0 Å². The lowest BCUT2D eigenvalue weighted by Crippen LogP contribution is -2.53. The molecule has 0 aliphatic carbocycles. The minimum Gasteiger partial charge on any atom is -0.282 e. The lowest BCUT2D eigenvalue weighted by atomic mass is 10.1. The lowest BCUT2D eigenvalue weighted by molar-refractivity contribution is 0.590. The summed E-state index contributed by atoms with van der Waals surface area (Å²) in [6.45, 7) is 20.0. The van der Waals surface area contributed by atoms with Crippen molar-refractivity contribution in [2.45, 2.75) is 65.6 Å². The molecule has 1 atom stereocenters. The van der Waals surface area contributed by atoms with Crippen LogP contribution in [0, 0.1) is 0 Å². The lowest BCUT2D eigenvalue weighted by Gasteiger charge is -2.40. The van der Waals surface area contributed by atoms with E-state index in [1.165, 1.54) is 0 Å². The molecule has 2 nitrogen and oxygen atoms in total. The van der Waals surface area contributed by atoms with E-state index in [0.29, 0.717) is 0 Å². The second kappa shape index (κ2) is 5.15. The Kier molecular flexibility index (Phi) is 5.37. The fourth-order valence-corrected chi connectivity index (χ4v) is 20.0. The maximum atomic E-state index is 5.70. The molecule has 0 spiro atoms. The molecule has 0 fully saturated rings. The zero-order valence-electron chi connectivity index (χ0n) is 12.2. The van der Waals surface area contributed by atoms with E-state index in [2.05, 4.69) is 64.1 Å². The van der Waals surface area contributed by atoms with Gasteiger partial charge in [-0.25, -0.2) is 4.74 Å². The Morgan fingerprint density at radius 3 is 1.44 bits per heavy atom. The normalized spacial score (nSPS) is 15.8. The molecule has 0 N–H and O–H groups in total. The van der Waals surface area contributed by atoms with Gasteiger partial charge in [0.25, 0.3) is 0 Å². The first-order chi connectivity index (χ1) is 6.75. The molecule has 0 aromatic carbocycles. The molecule has 0 saturated carbocycles. The van der Waals surface area contributed by atoms with Crippen molar-refractivity contribution in [1.82, 2.24) is 4.00 Å². The highest BCUT2D eigenvalue weighted by Crippen LogP contribution is 2.35. The third kappa shape index (κ3) is 5.87. The van der Waals surface area contributed by atoms with Crippen LogP contribution in [-0.2, 0) is 11.8 Å². The van der Waals surface area contributed by atoms with E-state index in [1.807, 2.05) is 0 Å². The van der Waals surface area contributed by atoms with Gasteiger partial charge >= 0.3 is 0 Å². The first-order valence-electron chi connectivity index (χ1n) is 5.75. The highest BCUT2D eigenvalue weighted by Gasteiger charge is 2.35. The summed E-state index contributed by atoms with van der Waals surface area (Å²) < 4.78 is 7.45. The van der Waals surface area contributed by atoms with Crippen LogP contribution in [0.4, 0.5) is 0 Å². The molecule has 0 aliphatic rings. The second-order valence-electron chi connectivity index (χ2n) is 7.18. The van der Waals surface area contributed by atoms with Crippen molar-refractivity contribution in [3.05, 3.63) is 0 Å². The topological polar surface area (TPSA) is 15.6 Å². The van der Waals surface area contributed by atoms with Crippen molar-refractivity contribution in [2.75, 3.05) is 0 Å². The summed E-state index contributed by atoms with van der Waals surface area (Å²) in [4.78, 5) is 0.